The van der Waals surface area contributed by atoms with Crippen LogP contribution in [-0.4, -0.2) is 17.6 Å². The lowest BCUT2D eigenvalue weighted by Crippen LogP contribution is -2.43. The van der Waals surface area contributed by atoms with Gasteiger partial charge in [-0.25, -0.2) is 0 Å². The summed E-state index contributed by atoms with van der Waals surface area (Å²) in [5.41, 5.74) is -0.383. The molecule has 30 heavy (non-hydrogen) atoms. The van der Waals surface area contributed by atoms with Gasteiger partial charge in [0.2, 0.25) is 11.8 Å². The van der Waals surface area contributed by atoms with Crippen LogP contribution in [0.15, 0.2) is 58.3 Å². The number of carbonyl (C=O) groups excluding carboxylic acids is 3. The molecule has 2 atom stereocenters. The van der Waals surface area contributed by atoms with E-state index in [4.69, 9.17) is 4.42 Å². The van der Waals surface area contributed by atoms with Crippen LogP contribution in [-0.2, 0) is 20.6 Å². The van der Waals surface area contributed by atoms with E-state index < -0.39 is 29.5 Å². The summed E-state index contributed by atoms with van der Waals surface area (Å²) < 4.78 is 44.1. The molecule has 0 saturated carbocycles. The van der Waals surface area contributed by atoms with E-state index in [2.05, 4.69) is 10.6 Å². The zero-order valence-electron chi connectivity index (χ0n) is 15.6. The molecule has 1 aromatic carbocycles. The Bertz CT molecular complexity index is 1040. The predicted molar refractivity (Wildman–Crippen MR) is 99.0 cm³/mol. The van der Waals surface area contributed by atoms with Crippen molar-refractivity contribution in [2.24, 2.45) is 5.92 Å². The molecule has 0 bridgehead atoms. The lowest BCUT2D eigenvalue weighted by atomic mass is 9.76. The molecule has 0 radical (unpaired) electrons. The van der Waals surface area contributed by atoms with Crippen LogP contribution in [0.4, 0.5) is 18.9 Å². The number of rotatable bonds is 3. The van der Waals surface area contributed by atoms with Crippen LogP contribution < -0.4 is 10.6 Å². The molecule has 0 saturated heterocycles. The summed E-state index contributed by atoms with van der Waals surface area (Å²) in [5, 5.41) is 5.08. The second kappa shape index (κ2) is 7.47. The maximum atomic E-state index is 12.9. The minimum absolute atomic E-state index is 0.0559. The molecule has 9 heteroatoms. The summed E-state index contributed by atoms with van der Waals surface area (Å²) in [6, 6.07) is 7.65. The van der Waals surface area contributed by atoms with Crippen LogP contribution in [0.1, 0.15) is 36.5 Å². The molecule has 156 valence electrons. The van der Waals surface area contributed by atoms with Gasteiger partial charge in [-0.15, -0.1) is 0 Å². The van der Waals surface area contributed by atoms with Crippen molar-refractivity contribution in [2.75, 3.05) is 5.32 Å². The fraction of sp³-hybridized carbons (Fsp3) is 0.286. The van der Waals surface area contributed by atoms with Gasteiger partial charge in [0.05, 0.1) is 17.7 Å². The molecule has 1 aliphatic heterocycles. The number of Topliss-reactive ketones (excluding diaryl/α,β-unsaturated/α-hetero) is 1. The molecular weight excluding hydrogens is 401 g/mol. The molecular formula is C21H17F3N2O4. The molecule has 6 nitrogen and oxygen atoms in total. The summed E-state index contributed by atoms with van der Waals surface area (Å²) in [5.74, 6) is -2.11. The highest BCUT2D eigenvalue weighted by atomic mass is 19.4. The topological polar surface area (TPSA) is 88.4 Å². The molecule has 4 rings (SSSR count). The Kier molecular flexibility index (Phi) is 4.97. The molecule has 1 aliphatic carbocycles. The first kappa shape index (κ1) is 19.9. The van der Waals surface area contributed by atoms with Gasteiger partial charge in [-0.2, -0.15) is 13.2 Å². The second-order valence-electron chi connectivity index (χ2n) is 7.31. The minimum atomic E-state index is -4.55. The van der Waals surface area contributed by atoms with Crippen molar-refractivity contribution >= 4 is 23.3 Å². The second-order valence-corrected chi connectivity index (χ2v) is 7.31. The molecule has 0 fully saturated rings. The molecule has 2 heterocycles. The van der Waals surface area contributed by atoms with Crippen molar-refractivity contribution in [3.8, 4) is 0 Å². The first-order valence-corrected chi connectivity index (χ1v) is 9.30. The maximum absolute atomic E-state index is 12.9. The summed E-state index contributed by atoms with van der Waals surface area (Å²) in [6.45, 7) is 0. The maximum Gasteiger partial charge on any atom is 0.416 e. The number of halogens is 3. The van der Waals surface area contributed by atoms with Gasteiger partial charge in [-0.1, -0.05) is 6.07 Å². The number of ketones is 1. The Hall–Kier alpha value is -3.36. The van der Waals surface area contributed by atoms with Gasteiger partial charge >= 0.3 is 6.18 Å². The fourth-order valence-electron chi connectivity index (χ4n) is 3.91. The van der Waals surface area contributed by atoms with E-state index in [1.165, 1.54) is 18.4 Å². The van der Waals surface area contributed by atoms with E-state index in [9.17, 15) is 27.6 Å². The Balaban J connectivity index is 1.59. The first-order valence-electron chi connectivity index (χ1n) is 9.30. The van der Waals surface area contributed by atoms with E-state index in [0.29, 0.717) is 17.9 Å². The number of benzene rings is 1. The molecule has 2 aromatic rings. The number of allylic oxidation sites excluding steroid dienone is 1. The smallest absolute Gasteiger partial charge is 0.416 e. The third-order valence-corrected chi connectivity index (χ3v) is 5.26. The van der Waals surface area contributed by atoms with E-state index >= 15 is 0 Å². The number of nitrogens with one attached hydrogen (secondary N) is 2. The van der Waals surface area contributed by atoms with Crippen LogP contribution in [0.25, 0.3) is 0 Å². The molecule has 2 aliphatic rings. The first-order chi connectivity index (χ1) is 14.2. The summed E-state index contributed by atoms with van der Waals surface area (Å²) >= 11 is 0. The van der Waals surface area contributed by atoms with Gasteiger partial charge < -0.3 is 15.1 Å². The average molecular weight is 418 g/mol. The Labute approximate surface area is 169 Å². The van der Waals surface area contributed by atoms with Crippen molar-refractivity contribution in [2.45, 2.75) is 31.4 Å². The quantitative estimate of drug-likeness (QED) is 0.794. The zero-order valence-corrected chi connectivity index (χ0v) is 15.6. The largest absolute Gasteiger partial charge is 0.469 e. The van der Waals surface area contributed by atoms with E-state index in [1.807, 2.05) is 0 Å². The van der Waals surface area contributed by atoms with Gasteiger partial charge in [0.1, 0.15) is 5.76 Å². The third-order valence-electron chi connectivity index (χ3n) is 5.26. The van der Waals surface area contributed by atoms with Crippen molar-refractivity contribution < 1.29 is 32.0 Å². The van der Waals surface area contributed by atoms with Crippen molar-refractivity contribution in [3.63, 3.8) is 0 Å². The number of hydrogen-bond acceptors (Lipinski definition) is 4. The number of alkyl halides is 3. The molecule has 2 unspecified atom stereocenters. The SMILES string of the molecule is O=C1CC(C(=O)Nc2cccc(C(F)(F)F)c2)C2=C(CC(c3ccco3)CC2=O)N1. The standard InChI is InChI=1S/C21H17F3N2O4/c22-21(23,24)12-3-1-4-13(9-12)25-20(29)14-10-18(28)26-15-7-11(8-16(27)19(14)15)17-5-2-6-30-17/h1-6,9,11,14H,7-8,10H2,(H,25,29)(H,26,28). The van der Waals surface area contributed by atoms with Crippen LogP contribution in [0, 0.1) is 5.92 Å². The number of furan rings is 1. The lowest BCUT2D eigenvalue weighted by molar-refractivity contribution is -0.137. The monoisotopic (exact) mass is 418 g/mol. The summed E-state index contributed by atoms with van der Waals surface area (Å²) in [7, 11) is 0. The van der Waals surface area contributed by atoms with Gasteiger partial charge in [-0.05, 0) is 36.8 Å². The summed E-state index contributed by atoms with van der Waals surface area (Å²) in [4.78, 5) is 37.8. The molecule has 2 N–H and O–H groups in total. The average Bonchev–Trinajstić information content (AvgIpc) is 3.21. The molecule has 0 spiro atoms. The highest BCUT2D eigenvalue weighted by molar-refractivity contribution is 6.09. The van der Waals surface area contributed by atoms with Gasteiger partial charge in [-0.3, -0.25) is 14.4 Å². The lowest BCUT2D eigenvalue weighted by Gasteiger charge is -2.32. The normalized spacial score (nSPS) is 21.8. The number of anilines is 1. The number of amides is 2. The van der Waals surface area contributed by atoms with Gasteiger partial charge in [0.25, 0.3) is 0 Å². The Morgan fingerprint density at radius 2 is 1.90 bits per heavy atom. The van der Waals surface area contributed by atoms with Gasteiger partial charge in [0.15, 0.2) is 5.78 Å². The van der Waals surface area contributed by atoms with Crippen LogP contribution in [0.3, 0.4) is 0 Å². The van der Waals surface area contributed by atoms with E-state index in [0.717, 1.165) is 12.1 Å². The summed E-state index contributed by atoms with van der Waals surface area (Å²) in [6.07, 6.45) is -2.86. The van der Waals surface area contributed by atoms with Gasteiger partial charge in [0, 0.05) is 35.7 Å². The molecule has 1 aromatic heterocycles. The Morgan fingerprint density at radius 1 is 1.10 bits per heavy atom. The van der Waals surface area contributed by atoms with E-state index in [1.54, 1.807) is 12.1 Å². The minimum Gasteiger partial charge on any atom is -0.469 e. The van der Waals surface area contributed by atoms with Crippen LogP contribution in [0.5, 0.6) is 0 Å². The third kappa shape index (κ3) is 3.87. The fourth-order valence-corrected chi connectivity index (χ4v) is 3.91. The molecule has 2 amide bonds. The van der Waals surface area contributed by atoms with Crippen LogP contribution >= 0.6 is 0 Å². The predicted octanol–water partition coefficient (Wildman–Crippen LogP) is 3.77. The number of hydrogen-bond donors (Lipinski definition) is 2. The van der Waals surface area contributed by atoms with Crippen molar-refractivity contribution in [1.82, 2.24) is 5.32 Å². The number of carbonyl (C=O) groups is 3. The zero-order chi connectivity index (χ0) is 21.5. The van der Waals surface area contributed by atoms with Crippen LogP contribution in [0.2, 0.25) is 0 Å². The highest BCUT2D eigenvalue weighted by Gasteiger charge is 2.41. The van der Waals surface area contributed by atoms with E-state index in [-0.39, 0.29) is 35.8 Å². The van der Waals surface area contributed by atoms with Crippen molar-refractivity contribution in [3.05, 3.63) is 65.3 Å². The highest BCUT2D eigenvalue weighted by Crippen LogP contribution is 2.39. The van der Waals surface area contributed by atoms with Crippen molar-refractivity contribution in [1.29, 1.82) is 0 Å². The Morgan fingerprint density at radius 3 is 2.60 bits per heavy atom.